The molecule has 0 fully saturated rings. The molecule has 0 spiro atoms. The lowest BCUT2D eigenvalue weighted by atomic mass is 10.1. The van der Waals surface area contributed by atoms with Crippen molar-refractivity contribution in [2.24, 2.45) is 11.7 Å². The molecule has 1 unspecified atom stereocenters. The predicted octanol–water partition coefficient (Wildman–Crippen LogP) is 2.24. The first-order valence-corrected chi connectivity index (χ1v) is 7.08. The summed E-state index contributed by atoms with van der Waals surface area (Å²) in [6.07, 6.45) is 0. The number of thioether (sulfide) groups is 1. The van der Waals surface area contributed by atoms with E-state index in [0.29, 0.717) is 5.56 Å². The molecule has 100 valence electrons. The zero-order valence-corrected chi connectivity index (χ0v) is 11.6. The zero-order valence-electron chi connectivity index (χ0n) is 10.8. The van der Waals surface area contributed by atoms with Crippen LogP contribution in [0.15, 0.2) is 35.4 Å². The summed E-state index contributed by atoms with van der Waals surface area (Å²) in [6, 6.07) is 9.52. The molecule has 0 radical (unpaired) electrons. The van der Waals surface area contributed by atoms with E-state index in [1.807, 2.05) is 37.3 Å². The Morgan fingerprint density at radius 1 is 1.47 bits per heavy atom. The van der Waals surface area contributed by atoms with Crippen LogP contribution in [0.5, 0.6) is 0 Å². The number of aromatic nitrogens is 1. The van der Waals surface area contributed by atoms with E-state index in [1.165, 1.54) is 0 Å². The number of amidine groups is 1. The molecule has 0 bridgehead atoms. The fourth-order valence-electron chi connectivity index (χ4n) is 1.73. The van der Waals surface area contributed by atoms with Gasteiger partial charge in [-0.15, -0.1) is 11.8 Å². The SMILES string of the molecule is CC(CO)CSc1cc(C(=N)N)c2ccccc2n1. The van der Waals surface area contributed by atoms with Crippen LogP contribution < -0.4 is 5.73 Å². The molecule has 2 aromatic rings. The van der Waals surface area contributed by atoms with Crippen LogP contribution in [0.25, 0.3) is 10.9 Å². The Morgan fingerprint density at radius 3 is 2.89 bits per heavy atom. The van der Waals surface area contributed by atoms with E-state index in [9.17, 15) is 0 Å². The molecular weight excluding hydrogens is 258 g/mol. The number of benzene rings is 1. The van der Waals surface area contributed by atoms with Crippen molar-refractivity contribution in [2.75, 3.05) is 12.4 Å². The maximum Gasteiger partial charge on any atom is 0.123 e. The zero-order chi connectivity index (χ0) is 13.8. The van der Waals surface area contributed by atoms with Crippen LogP contribution in [-0.2, 0) is 0 Å². The molecule has 0 aliphatic rings. The topological polar surface area (TPSA) is 83.0 Å². The Hall–Kier alpha value is -1.59. The van der Waals surface area contributed by atoms with Gasteiger partial charge in [-0.3, -0.25) is 5.41 Å². The van der Waals surface area contributed by atoms with E-state index >= 15 is 0 Å². The molecule has 0 aliphatic carbocycles. The van der Waals surface area contributed by atoms with Crippen LogP contribution in [-0.4, -0.2) is 28.3 Å². The average molecular weight is 275 g/mol. The first-order chi connectivity index (χ1) is 9.11. The number of nitrogens with one attached hydrogen (secondary N) is 1. The van der Waals surface area contributed by atoms with Crippen LogP contribution in [0.2, 0.25) is 0 Å². The van der Waals surface area contributed by atoms with Gasteiger partial charge in [0.25, 0.3) is 0 Å². The van der Waals surface area contributed by atoms with Gasteiger partial charge in [0, 0.05) is 23.3 Å². The fraction of sp³-hybridized carbons (Fsp3) is 0.286. The highest BCUT2D eigenvalue weighted by Gasteiger charge is 2.09. The number of rotatable bonds is 5. The second-order valence-electron chi connectivity index (χ2n) is 4.54. The Bertz CT molecular complexity index is 600. The minimum absolute atomic E-state index is 0.0515. The van der Waals surface area contributed by atoms with Crippen LogP contribution in [0.1, 0.15) is 12.5 Å². The molecule has 0 aliphatic heterocycles. The number of aliphatic hydroxyl groups excluding tert-OH is 1. The van der Waals surface area contributed by atoms with Crippen molar-refractivity contribution in [3.63, 3.8) is 0 Å². The third kappa shape index (κ3) is 3.24. The molecular formula is C14H17N3OS. The quantitative estimate of drug-likeness (QED) is 0.444. The Morgan fingerprint density at radius 2 is 2.21 bits per heavy atom. The summed E-state index contributed by atoms with van der Waals surface area (Å²) in [5, 5.41) is 18.4. The van der Waals surface area contributed by atoms with Crippen molar-refractivity contribution in [1.82, 2.24) is 4.98 Å². The first-order valence-electron chi connectivity index (χ1n) is 6.09. The molecule has 4 N–H and O–H groups in total. The molecule has 4 nitrogen and oxygen atoms in total. The van der Waals surface area contributed by atoms with Gasteiger partial charge in [-0.05, 0) is 18.1 Å². The molecule has 0 amide bonds. The minimum atomic E-state index is 0.0515. The van der Waals surface area contributed by atoms with Gasteiger partial charge >= 0.3 is 0 Å². The second-order valence-corrected chi connectivity index (χ2v) is 5.58. The minimum Gasteiger partial charge on any atom is -0.396 e. The maximum atomic E-state index is 9.04. The molecule has 1 aromatic heterocycles. The molecule has 1 atom stereocenters. The molecule has 19 heavy (non-hydrogen) atoms. The predicted molar refractivity (Wildman–Crippen MR) is 79.7 cm³/mol. The monoisotopic (exact) mass is 275 g/mol. The van der Waals surface area contributed by atoms with Crippen molar-refractivity contribution in [3.8, 4) is 0 Å². The number of nitrogens with zero attached hydrogens (tertiary/aromatic N) is 1. The highest BCUT2D eigenvalue weighted by Crippen LogP contribution is 2.25. The maximum absolute atomic E-state index is 9.04. The number of para-hydroxylation sites is 1. The van der Waals surface area contributed by atoms with Crippen LogP contribution in [0.4, 0.5) is 0 Å². The molecule has 1 heterocycles. The number of hydrogen-bond acceptors (Lipinski definition) is 4. The number of aliphatic hydroxyl groups is 1. The largest absolute Gasteiger partial charge is 0.396 e. The lowest BCUT2D eigenvalue weighted by Gasteiger charge is -2.10. The molecule has 5 heteroatoms. The molecule has 1 aromatic carbocycles. The first kappa shape index (κ1) is 13.8. The van der Waals surface area contributed by atoms with Gasteiger partial charge in [-0.25, -0.2) is 4.98 Å². The summed E-state index contributed by atoms with van der Waals surface area (Å²) < 4.78 is 0. The van der Waals surface area contributed by atoms with Gasteiger partial charge in [-0.2, -0.15) is 0 Å². The van der Waals surface area contributed by atoms with Crippen LogP contribution in [0, 0.1) is 11.3 Å². The van der Waals surface area contributed by atoms with E-state index in [1.54, 1.807) is 11.8 Å². The number of fused-ring (bicyclic) bond motifs is 1. The van der Waals surface area contributed by atoms with Crippen molar-refractivity contribution in [2.45, 2.75) is 11.9 Å². The van der Waals surface area contributed by atoms with E-state index in [2.05, 4.69) is 4.98 Å². The summed E-state index contributed by atoms with van der Waals surface area (Å²) in [4.78, 5) is 4.55. The normalized spacial score (nSPS) is 12.5. The summed E-state index contributed by atoms with van der Waals surface area (Å²) in [7, 11) is 0. The summed E-state index contributed by atoms with van der Waals surface area (Å²) >= 11 is 1.58. The summed E-state index contributed by atoms with van der Waals surface area (Å²) in [5.74, 6) is 1.06. The molecule has 0 saturated heterocycles. The van der Waals surface area contributed by atoms with Crippen molar-refractivity contribution < 1.29 is 5.11 Å². The average Bonchev–Trinajstić information content (AvgIpc) is 2.43. The Kier molecular flexibility index (Phi) is 4.39. The van der Waals surface area contributed by atoms with Gasteiger partial charge in [0.05, 0.1) is 10.5 Å². The van der Waals surface area contributed by atoms with Crippen LogP contribution >= 0.6 is 11.8 Å². The smallest absolute Gasteiger partial charge is 0.123 e. The van der Waals surface area contributed by atoms with Crippen molar-refractivity contribution >= 4 is 28.5 Å². The van der Waals surface area contributed by atoms with Gasteiger partial charge in [0.15, 0.2) is 0 Å². The standard InChI is InChI=1S/C14H17N3OS/c1-9(7-18)8-19-13-6-11(14(15)16)10-4-2-3-5-12(10)17-13/h2-6,9,18H,7-8H2,1H3,(H3,15,16). The lowest BCUT2D eigenvalue weighted by molar-refractivity contribution is 0.250. The van der Waals surface area contributed by atoms with Crippen molar-refractivity contribution in [3.05, 3.63) is 35.9 Å². The number of hydrogen-bond donors (Lipinski definition) is 3. The summed E-state index contributed by atoms with van der Waals surface area (Å²) in [5.41, 5.74) is 7.19. The van der Waals surface area contributed by atoms with Crippen molar-refractivity contribution in [1.29, 1.82) is 5.41 Å². The number of nitrogens with two attached hydrogens (primary N) is 1. The Balaban J connectivity index is 2.38. The highest BCUT2D eigenvalue weighted by molar-refractivity contribution is 7.99. The van der Waals surface area contributed by atoms with E-state index in [4.69, 9.17) is 16.2 Å². The van der Waals surface area contributed by atoms with E-state index < -0.39 is 0 Å². The highest BCUT2D eigenvalue weighted by atomic mass is 32.2. The van der Waals surface area contributed by atoms with Gasteiger partial charge in [0.2, 0.25) is 0 Å². The number of nitrogen functional groups attached to an aromatic ring is 1. The van der Waals surface area contributed by atoms with Gasteiger partial charge in [0.1, 0.15) is 5.84 Å². The van der Waals surface area contributed by atoms with E-state index in [-0.39, 0.29) is 18.4 Å². The summed E-state index contributed by atoms with van der Waals surface area (Å²) in [6.45, 7) is 2.15. The Labute approximate surface area is 116 Å². The second kappa shape index (κ2) is 6.04. The van der Waals surface area contributed by atoms with E-state index in [0.717, 1.165) is 21.7 Å². The molecule has 2 rings (SSSR count). The third-order valence-corrected chi connectivity index (χ3v) is 4.05. The van der Waals surface area contributed by atoms with Gasteiger partial charge in [-0.1, -0.05) is 25.1 Å². The third-order valence-electron chi connectivity index (χ3n) is 2.81. The number of pyridine rings is 1. The van der Waals surface area contributed by atoms with Crippen LogP contribution in [0.3, 0.4) is 0 Å². The molecule has 0 saturated carbocycles. The fourth-order valence-corrected chi connectivity index (χ4v) is 2.65. The lowest BCUT2D eigenvalue weighted by Crippen LogP contribution is -2.12. The van der Waals surface area contributed by atoms with Gasteiger partial charge < -0.3 is 10.8 Å².